The number of fused-ring (bicyclic) bond motifs is 2. The summed E-state index contributed by atoms with van der Waals surface area (Å²) in [5.41, 5.74) is 2.90. The zero-order chi connectivity index (χ0) is 15.8. The average Bonchev–Trinajstić information content (AvgIpc) is 2.91. The monoisotopic (exact) mass is 320 g/mol. The number of nitrogens with zero attached hydrogens (tertiary/aromatic N) is 4. The van der Waals surface area contributed by atoms with E-state index in [0.717, 1.165) is 15.0 Å². The third kappa shape index (κ3) is 2.33. The van der Waals surface area contributed by atoms with Gasteiger partial charge in [0, 0.05) is 18.8 Å². The Hall–Kier alpha value is -2.86. The highest BCUT2D eigenvalue weighted by Crippen LogP contribution is 2.16. The van der Waals surface area contributed by atoms with E-state index in [1.165, 1.54) is 6.08 Å². The fraction of sp³-hybridized carbons (Fsp3) is 0.0588. The number of carbonyl (C=O) groups is 1. The van der Waals surface area contributed by atoms with E-state index >= 15 is 0 Å². The molecule has 0 spiro atoms. The van der Waals surface area contributed by atoms with Gasteiger partial charge in [-0.15, -0.1) is 10.2 Å². The lowest BCUT2D eigenvalue weighted by Crippen LogP contribution is -2.15. The van der Waals surface area contributed by atoms with Crippen LogP contribution in [0.3, 0.4) is 0 Å². The predicted molar refractivity (Wildman–Crippen MR) is 90.6 cm³/mol. The minimum atomic E-state index is -0.105. The first-order chi connectivity index (χ1) is 11.2. The lowest BCUT2D eigenvalue weighted by Gasteiger charge is -2.08. The van der Waals surface area contributed by atoms with Gasteiger partial charge in [0.1, 0.15) is 5.69 Å². The van der Waals surface area contributed by atoms with Crippen molar-refractivity contribution in [2.24, 2.45) is 17.3 Å². The molecule has 1 aliphatic rings. The van der Waals surface area contributed by atoms with E-state index in [1.54, 1.807) is 29.7 Å². The van der Waals surface area contributed by atoms with Crippen LogP contribution >= 0.6 is 11.3 Å². The van der Waals surface area contributed by atoms with Crippen LogP contribution in [0.2, 0.25) is 0 Å². The Balaban J connectivity index is 1.86. The molecule has 0 radical (unpaired) electrons. The van der Waals surface area contributed by atoms with Crippen molar-refractivity contribution in [3.8, 4) is 0 Å². The number of aryl methyl sites for hydroxylation is 1. The Morgan fingerprint density at radius 3 is 2.83 bits per heavy atom. The van der Waals surface area contributed by atoms with Crippen molar-refractivity contribution in [2.75, 3.05) is 0 Å². The normalized spacial score (nSPS) is 16.3. The van der Waals surface area contributed by atoms with Crippen molar-refractivity contribution < 1.29 is 4.79 Å². The van der Waals surface area contributed by atoms with Crippen LogP contribution in [0.5, 0.6) is 0 Å². The Labute approximate surface area is 136 Å². The standard InChI is InChI=1S/C17H12N4OS/c1-21-13-6-2-3-7-15(13)23-17(21)20-19-12-8-9-14(22)16-11(12)5-4-10-18-16/h2-10H,1H3/b19-12-,20-17+. The van der Waals surface area contributed by atoms with E-state index < -0.39 is 0 Å². The summed E-state index contributed by atoms with van der Waals surface area (Å²) in [4.78, 5) is 16.8. The van der Waals surface area contributed by atoms with Gasteiger partial charge < -0.3 is 4.57 Å². The van der Waals surface area contributed by atoms with Gasteiger partial charge >= 0.3 is 0 Å². The van der Waals surface area contributed by atoms with Gasteiger partial charge in [0.05, 0.1) is 15.9 Å². The molecule has 0 N–H and O–H groups in total. The molecule has 0 saturated carbocycles. The van der Waals surface area contributed by atoms with Crippen molar-refractivity contribution in [1.82, 2.24) is 9.55 Å². The van der Waals surface area contributed by atoms with Gasteiger partial charge in [-0.05, 0) is 36.4 Å². The first-order valence-corrected chi connectivity index (χ1v) is 7.90. The molecule has 2 heterocycles. The van der Waals surface area contributed by atoms with E-state index in [2.05, 4.69) is 27.3 Å². The average molecular weight is 320 g/mol. The van der Waals surface area contributed by atoms with Crippen LogP contribution in [0.1, 0.15) is 16.1 Å². The van der Waals surface area contributed by atoms with Crippen molar-refractivity contribution >= 4 is 33.0 Å². The molecule has 0 unspecified atom stereocenters. The number of ketones is 1. The molecule has 5 nitrogen and oxygen atoms in total. The second-order valence-corrected chi connectivity index (χ2v) is 6.10. The highest BCUT2D eigenvalue weighted by Gasteiger charge is 2.18. The number of para-hydroxylation sites is 1. The quantitative estimate of drug-likeness (QED) is 0.647. The van der Waals surface area contributed by atoms with Gasteiger partial charge in [-0.3, -0.25) is 9.78 Å². The molecule has 23 heavy (non-hydrogen) atoms. The molecule has 0 atom stereocenters. The van der Waals surface area contributed by atoms with Crippen LogP contribution in [-0.4, -0.2) is 21.0 Å². The number of hydrogen-bond acceptors (Lipinski definition) is 5. The van der Waals surface area contributed by atoms with Crippen LogP contribution in [0.15, 0.2) is 64.9 Å². The molecule has 2 aromatic heterocycles. The lowest BCUT2D eigenvalue weighted by atomic mass is 10.00. The van der Waals surface area contributed by atoms with Crippen molar-refractivity contribution in [2.45, 2.75) is 0 Å². The number of allylic oxidation sites excluding steroid dienone is 2. The smallest absolute Gasteiger partial charge is 0.211 e. The highest BCUT2D eigenvalue weighted by atomic mass is 32.1. The number of rotatable bonds is 1. The summed E-state index contributed by atoms with van der Waals surface area (Å²) in [6.07, 6.45) is 4.77. The Kier molecular flexibility index (Phi) is 3.24. The van der Waals surface area contributed by atoms with Crippen molar-refractivity contribution in [3.63, 3.8) is 0 Å². The Morgan fingerprint density at radius 2 is 1.96 bits per heavy atom. The minimum Gasteiger partial charge on any atom is -0.318 e. The maximum atomic E-state index is 11.8. The third-order valence-electron chi connectivity index (χ3n) is 3.67. The van der Waals surface area contributed by atoms with E-state index in [-0.39, 0.29) is 5.78 Å². The maximum absolute atomic E-state index is 11.8. The number of aromatic nitrogens is 2. The molecule has 3 aromatic rings. The predicted octanol–water partition coefficient (Wildman–Crippen LogP) is 2.69. The highest BCUT2D eigenvalue weighted by molar-refractivity contribution is 7.16. The minimum absolute atomic E-state index is 0.105. The summed E-state index contributed by atoms with van der Waals surface area (Å²) in [5, 5.41) is 8.71. The summed E-state index contributed by atoms with van der Waals surface area (Å²) in [6.45, 7) is 0. The summed E-state index contributed by atoms with van der Waals surface area (Å²) in [6, 6.07) is 11.7. The molecule has 4 rings (SSSR count). The molecule has 0 aliphatic heterocycles. The number of thiazole rings is 1. The van der Waals surface area contributed by atoms with Gasteiger partial charge in [-0.25, -0.2) is 0 Å². The van der Waals surface area contributed by atoms with Crippen LogP contribution in [0.4, 0.5) is 0 Å². The van der Waals surface area contributed by atoms with Gasteiger partial charge in [0.25, 0.3) is 0 Å². The second kappa shape index (κ2) is 5.40. The lowest BCUT2D eigenvalue weighted by molar-refractivity contribution is 0.104. The van der Waals surface area contributed by atoms with Crippen LogP contribution in [0.25, 0.3) is 10.2 Å². The molecule has 0 amide bonds. The molecule has 0 fully saturated rings. The SMILES string of the molecule is Cn1/c(=N\N=C2\C=CC(=O)c3ncccc32)sc2ccccc21. The number of pyridine rings is 1. The van der Waals surface area contributed by atoms with E-state index in [9.17, 15) is 4.79 Å². The fourth-order valence-corrected chi connectivity index (χ4v) is 3.46. The molecule has 6 heteroatoms. The first-order valence-electron chi connectivity index (χ1n) is 7.08. The van der Waals surface area contributed by atoms with Crippen LogP contribution < -0.4 is 4.80 Å². The van der Waals surface area contributed by atoms with Crippen molar-refractivity contribution in [1.29, 1.82) is 0 Å². The molecule has 0 saturated heterocycles. The Bertz CT molecular complexity index is 1060. The molecule has 0 bridgehead atoms. The topological polar surface area (TPSA) is 59.6 Å². The first kappa shape index (κ1) is 13.8. The van der Waals surface area contributed by atoms with Crippen LogP contribution in [-0.2, 0) is 7.05 Å². The number of benzene rings is 1. The summed E-state index contributed by atoms with van der Waals surface area (Å²) in [7, 11) is 1.97. The third-order valence-corrected chi connectivity index (χ3v) is 4.77. The summed E-state index contributed by atoms with van der Waals surface area (Å²) >= 11 is 1.58. The number of hydrogen-bond donors (Lipinski definition) is 0. The molecule has 112 valence electrons. The molecule has 1 aromatic carbocycles. The maximum Gasteiger partial charge on any atom is 0.211 e. The Morgan fingerprint density at radius 1 is 1.09 bits per heavy atom. The zero-order valence-electron chi connectivity index (χ0n) is 12.3. The van der Waals surface area contributed by atoms with Crippen molar-refractivity contribution in [3.05, 3.63) is 70.8 Å². The van der Waals surface area contributed by atoms with E-state index in [1.807, 2.05) is 29.8 Å². The zero-order valence-corrected chi connectivity index (χ0v) is 13.1. The van der Waals surface area contributed by atoms with Gasteiger partial charge in [0.2, 0.25) is 10.6 Å². The number of carbonyl (C=O) groups excluding carboxylic acids is 1. The summed E-state index contributed by atoms with van der Waals surface area (Å²) < 4.78 is 3.16. The summed E-state index contributed by atoms with van der Waals surface area (Å²) in [5.74, 6) is -0.105. The second-order valence-electron chi connectivity index (χ2n) is 5.09. The molecule has 1 aliphatic carbocycles. The molecular formula is C17H12N4OS. The van der Waals surface area contributed by atoms with E-state index in [0.29, 0.717) is 17.0 Å². The van der Waals surface area contributed by atoms with E-state index in [4.69, 9.17) is 0 Å². The largest absolute Gasteiger partial charge is 0.318 e. The van der Waals surface area contributed by atoms with Gasteiger partial charge in [0.15, 0.2) is 0 Å². The molecular weight excluding hydrogens is 308 g/mol. The fourth-order valence-electron chi connectivity index (χ4n) is 2.49. The van der Waals surface area contributed by atoms with Gasteiger partial charge in [-0.1, -0.05) is 23.5 Å². The van der Waals surface area contributed by atoms with Gasteiger partial charge in [-0.2, -0.15) is 0 Å². The van der Waals surface area contributed by atoms with Crippen LogP contribution in [0, 0.1) is 0 Å².